The molecule has 2 aromatic heterocycles. The van der Waals surface area contributed by atoms with Crippen LogP contribution in [0.4, 0.5) is 0 Å². The van der Waals surface area contributed by atoms with Crippen LogP contribution in [0.1, 0.15) is 17.3 Å². The molecule has 0 saturated carbocycles. The van der Waals surface area contributed by atoms with Crippen molar-refractivity contribution in [3.63, 3.8) is 0 Å². The van der Waals surface area contributed by atoms with Gasteiger partial charge < -0.3 is 19.2 Å². The lowest BCUT2D eigenvalue weighted by molar-refractivity contribution is -0.120. The van der Waals surface area contributed by atoms with Crippen molar-refractivity contribution in [3.05, 3.63) is 66.1 Å². The molecule has 1 saturated heterocycles. The number of rotatable bonds is 7. The van der Waals surface area contributed by atoms with Crippen LogP contribution >= 0.6 is 0 Å². The highest BCUT2D eigenvalue weighted by Crippen LogP contribution is 2.23. The summed E-state index contributed by atoms with van der Waals surface area (Å²) in [6.07, 6.45) is 4.10. The fourth-order valence-corrected chi connectivity index (χ4v) is 3.68. The Bertz CT molecular complexity index is 915. The van der Waals surface area contributed by atoms with Crippen LogP contribution in [0.2, 0.25) is 0 Å². The Morgan fingerprint density at radius 1 is 1.21 bits per heavy atom. The molecule has 29 heavy (non-hydrogen) atoms. The van der Waals surface area contributed by atoms with Gasteiger partial charge in [-0.2, -0.15) is 0 Å². The lowest BCUT2D eigenvalue weighted by atomic mass is 10.0. The number of carbonyl (C=O) groups is 1. The summed E-state index contributed by atoms with van der Waals surface area (Å²) in [5, 5.41) is 3.10. The van der Waals surface area contributed by atoms with Gasteiger partial charge in [-0.1, -0.05) is 18.2 Å². The summed E-state index contributed by atoms with van der Waals surface area (Å²) < 4.78 is 12.7. The molecule has 0 radical (unpaired) electrons. The fraction of sp³-hybridized carbons (Fsp3) is 0.364. The molecular weight excluding hydrogens is 368 g/mol. The molecular formula is C22H26N4O3. The molecule has 0 spiro atoms. The highest BCUT2D eigenvalue weighted by atomic mass is 16.5. The van der Waals surface area contributed by atoms with Gasteiger partial charge >= 0.3 is 0 Å². The van der Waals surface area contributed by atoms with Gasteiger partial charge in [0.25, 0.3) is 0 Å². The van der Waals surface area contributed by atoms with Crippen LogP contribution in [0.25, 0.3) is 5.65 Å². The molecule has 1 amide bonds. The Labute approximate surface area is 170 Å². The van der Waals surface area contributed by atoms with Gasteiger partial charge in [-0.3, -0.25) is 9.69 Å². The third kappa shape index (κ3) is 4.75. The fourth-order valence-electron chi connectivity index (χ4n) is 3.68. The molecule has 7 heteroatoms. The molecule has 7 nitrogen and oxygen atoms in total. The standard InChI is InChI=1S/C22H26N4O3/c1-28-19-7-5-17(6-8-19)20(25-10-12-29-13-11-25)15-23-22(27)14-18-16-26-9-3-2-4-21(26)24-18/h2-9,16,20H,10-15H2,1H3,(H,23,27). The van der Waals surface area contributed by atoms with Crippen LogP contribution in [0.15, 0.2) is 54.9 Å². The first-order chi connectivity index (χ1) is 14.2. The van der Waals surface area contributed by atoms with Crippen LogP contribution in [-0.2, 0) is 16.0 Å². The minimum Gasteiger partial charge on any atom is -0.497 e. The number of carbonyl (C=O) groups excluding carboxylic acids is 1. The van der Waals surface area contributed by atoms with Crippen LogP contribution in [0, 0.1) is 0 Å². The minimum atomic E-state index is -0.0276. The summed E-state index contributed by atoms with van der Waals surface area (Å²) in [5.74, 6) is 0.797. The normalized spacial score (nSPS) is 15.9. The Morgan fingerprint density at radius 3 is 2.72 bits per heavy atom. The lowest BCUT2D eigenvalue weighted by Gasteiger charge is -2.35. The van der Waals surface area contributed by atoms with Gasteiger partial charge in [0.2, 0.25) is 5.91 Å². The molecule has 0 bridgehead atoms. The number of imidazole rings is 1. The third-order valence-corrected chi connectivity index (χ3v) is 5.24. The van der Waals surface area contributed by atoms with Crippen LogP contribution in [0.3, 0.4) is 0 Å². The van der Waals surface area contributed by atoms with Gasteiger partial charge in [-0.05, 0) is 29.8 Å². The van der Waals surface area contributed by atoms with E-state index in [0.29, 0.717) is 19.8 Å². The SMILES string of the molecule is COc1ccc(C(CNC(=O)Cc2cn3ccccc3n2)N2CCOCC2)cc1. The molecule has 152 valence electrons. The topological polar surface area (TPSA) is 68.1 Å². The van der Waals surface area contributed by atoms with Gasteiger partial charge in [0.1, 0.15) is 11.4 Å². The maximum atomic E-state index is 12.6. The zero-order valence-corrected chi connectivity index (χ0v) is 16.6. The summed E-state index contributed by atoms with van der Waals surface area (Å²) >= 11 is 0. The third-order valence-electron chi connectivity index (χ3n) is 5.24. The summed E-state index contributed by atoms with van der Waals surface area (Å²) in [4.78, 5) is 19.5. The number of fused-ring (bicyclic) bond motifs is 1. The van der Waals surface area contributed by atoms with Crippen LogP contribution in [-0.4, -0.2) is 60.1 Å². The molecule has 1 aliphatic rings. The van der Waals surface area contributed by atoms with Crippen molar-refractivity contribution in [2.24, 2.45) is 0 Å². The van der Waals surface area contributed by atoms with Gasteiger partial charge in [-0.15, -0.1) is 0 Å². The second kappa shape index (κ2) is 9.07. The van der Waals surface area contributed by atoms with Crippen LogP contribution in [0.5, 0.6) is 5.75 Å². The van der Waals surface area contributed by atoms with Crippen molar-refractivity contribution in [2.75, 3.05) is 40.0 Å². The zero-order chi connectivity index (χ0) is 20.1. The molecule has 1 aliphatic heterocycles. The maximum absolute atomic E-state index is 12.6. The second-order valence-electron chi connectivity index (χ2n) is 7.12. The first kappa shape index (κ1) is 19.4. The monoisotopic (exact) mass is 394 g/mol. The summed E-state index contributed by atoms with van der Waals surface area (Å²) in [6.45, 7) is 3.65. The van der Waals surface area contributed by atoms with Crippen molar-refractivity contribution in [1.82, 2.24) is 19.6 Å². The van der Waals surface area contributed by atoms with E-state index in [0.717, 1.165) is 35.7 Å². The van der Waals surface area contributed by atoms with Crippen molar-refractivity contribution in [1.29, 1.82) is 0 Å². The van der Waals surface area contributed by atoms with Crippen LogP contribution < -0.4 is 10.1 Å². The number of nitrogens with one attached hydrogen (secondary N) is 1. The predicted molar refractivity (Wildman–Crippen MR) is 110 cm³/mol. The quantitative estimate of drug-likeness (QED) is 0.665. The number of methoxy groups -OCH3 is 1. The number of benzene rings is 1. The van der Waals surface area contributed by atoms with E-state index in [4.69, 9.17) is 9.47 Å². The summed E-state index contributed by atoms with van der Waals surface area (Å²) in [6, 6.07) is 14.0. The Balaban J connectivity index is 1.42. The number of hydrogen-bond donors (Lipinski definition) is 1. The largest absolute Gasteiger partial charge is 0.497 e. The van der Waals surface area contributed by atoms with E-state index in [1.54, 1.807) is 7.11 Å². The average Bonchev–Trinajstić information content (AvgIpc) is 3.17. The van der Waals surface area contributed by atoms with Crippen molar-refractivity contribution < 1.29 is 14.3 Å². The van der Waals surface area contributed by atoms with Gasteiger partial charge in [0.15, 0.2) is 0 Å². The molecule has 1 fully saturated rings. The molecule has 1 N–H and O–H groups in total. The van der Waals surface area contributed by atoms with E-state index in [-0.39, 0.29) is 18.4 Å². The molecule has 3 heterocycles. The van der Waals surface area contributed by atoms with Gasteiger partial charge in [0.05, 0.1) is 38.5 Å². The smallest absolute Gasteiger partial charge is 0.226 e. The molecule has 1 aromatic carbocycles. The second-order valence-corrected chi connectivity index (χ2v) is 7.12. The Hall–Kier alpha value is -2.90. The number of pyridine rings is 1. The van der Waals surface area contributed by atoms with Crippen molar-refractivity contribution >= 4 is 11.6 Å². The summed E-state index contributed by atoms with van der Waals surface area (Å²) in [5.41, 5.74) is 2.77. The Morgan fingerprint density at radius 2 is 2.00 bits per heavy atom. The van der Waals surface area contributed by atoms with E-state index in [9.17, 15) is 4.79 Å². The zero-order valence-electron chi connectivity index (χ0n) is 16.6. The number of aromatic nitrogens is 2. The highest BCUT2D eigenvalue weighted by molar-refractivity contribution is 5.78. The molecule has 1 atom stereocenters. The average molecular weight is 394 g/mol. The van der Waals surface area contributed by atoms with Gasteiger partial charge in [0, 0.05) is 32.0 Å². The molecule has 1 unspecified atom stereocenters. The number of morpholine rings is 1. The molecule has 4 rings (SSSR count). The Kier molecular flexibility index (Phi) is 6.07. The van der Waals surface area contributed by atoms with Gasteiger partial charge in [-0.25, -0.2) is 4.98 Å². The summed E-state index contributed by atoms with van der Waals surface area (Å²) in [7, 11) is 1.66. The first-order valence-corrected chi connectivity index (χ1v) is 9.88. The maximum Gasteiger partial charge on any atom is 0.226 e. The van der Waals surface area contributed by atoms with E-state index in [1.807, 2.05) is 47.1 Å². The number of hydrogen-bond acceptors (Lipinski definition) is 5. The molecule has 3 aromatic rings. The predicted octanol–water partition coefficient (Wildman–Crippen LogP) is 2.08. The van der Waals surface area contributed by atoms with Crippen molar-refractivity contribution in [3.8, 4) is 5.75 Å². The number of ether oxygens (including phenoxy) is 2. The first-order valence-electron chi connectivity index (χ1n) is 9.88. The van der Waals surface area contributed by atoms with Crippen molar-refractivity contribution in [2.45, 2.75) is 12.5 Å². The van der Waals surface area contributed by atoms with E-state index in [2.05, 4.69) is 27.3 Å². The van der Waals surface area contributed by atoms with E-state index < -0.39 is 0 Å². The minimum absolute atomic E-state index is 0.0276. The number of nitrogens with zero attached hydrogens (tertiary/aromatic N) is 3. The van der Waals surface area contributed by atoms with E-state index in [1.165, 1.54) is 0 Å². The van der Waals surface area contributed by atoms with E-state index >= 15 is 0 Å². The number of amides is 1. The highest BCUT2D eigenvalue weighted by Gasteiger charge is 2.23. The molecule has 0 aliphatic carbocycles. The lowest BCUT2D eigenvalue weighted by Crippen LogP contribution is -2.44.